The maximum atomic E-state index is 11.9. The molecule has 0 unspecified atom stereocenters. The van der Waals surface area contributed by atoms with Crippen molar-refractivity contribution in [3.63, 3.8) is 0 Å². The second-order valence-corrected chi connectivity index (χ2v) is 6.05. The number of amides is 1. The number of aromatic nitrogens is 3. The fraction of sp³-hybridized carbons (Fsp3) is 0.150. The highest BCUT2D eigenvalue weighted by Crippen LogP contribution is 2.13. The van der Waals surface area contributed by atoms with E-state index >= 15 is 0 Å². The normalized spacial score (nSPS) is 10.8. The van der Waals surface area contributed by atoms with Gasteiger partial charge in [0.25, 0.3) is 5.56 Å². The highest BCUT2D eigenvalue weighted by atomic mass is 16.5. The molecule has 0 aliphatic rings. The van der Waals surface area contributed by atoms with E-state index in [1.165, 1.54) is 6.21 Å². The van der Waals surface area contributed by atoms with Gasteiger partial charge in [0.05, 0.1) is 6.21 Å². The Hall–Kier alpha value is -4.01. The lowest BCUT2D eigenvalue weighted by Gasteiger charge is -2.08. The van der Waals surface area contributed by atoms with Crippen molar-refractivity contribution < 1.29 is 9.53 Å². The van der Waals surface area contributed by atoms with E-state index in [0.717, 1.165) is 16.9 Å². The molecule has 0 atom stereocenters. The van der Waals surface area contributed by atoms with Crippen LogP contribution in [0.1, 0.15) is 23.2 Å². The van der Waals surface area contributed by atoms with Crippen LogP contribution in [-0.2, 0) is 17.8 Å². The van der Waals surface area contributed by atoms with Crippen molar-refractivity contribution in [3.05, 3.63) is 92.3 Å². The molecule has 3 aromatic rings. The van der Waals surface area contributed by atoms with Crippen molar-refractivity contribution >= 4 is 12.1 Å². The van der Waals surface area contributed by atoms with Crippen LogP contribution in [0.25, 0.3) is 0 Å². The summed E-state index contributed by atoms with van der Waals surface area (Å²) in [5.74, 6) is 0.380. The first kappa shape index (κ1) is 19.7. The number of hydrogen-bond acceptors (Lipinski definition) is 6. The Morgan fingerprint density at radius 3 is 2.66 bits per heavy atom. The first-order valence-electron chi connectivity index (χ1n) is 8.87. The van der Waals surface area contributed by atoms with Gasteiger partial charge in [-0.05, 0) is 17.7 Å². The molecule has 0 bridgehead atoms. The van der Waals surface area contributed by atoms with Gasteiger partial charge in [-0.15, -0.1) is 0 Å². The number of hydrogen-bond donors (Lipinski definition) is 3. The second-order valence-electron chi connectivity index (χ2n) is 6.05. The summed E-state index contributed by atoms with van der Waals surface area (Å²) < 4.78 is 5.75. The zero-order valence-corrected chi connectivity index (χ0v) is 15.4. The topological polar surface area (TPSA) is 129 Å². The van der Waals surface area contributed by atoms with Gasteiger partial charge in [0.1, 0.15) is 18.1 Å². The van der Waals surface area contributed by atoms with Gasteiger partial charge in [0, 0.05) is 18.4 Å². The van der Waals surface area contributed by atoms with Crippen LogP contribution in [0.5, 0.6) is 5.75 Å². The van der Waals surface area contributed by atoms with E-state index in [2.05, 4.69) is 25.7 Å². The molecule has 3 rings (SSSR count). The van der Waals surface area contributed by atoms with Crippen molar-refractivity contribution in [1.82, 2.24) is 20.6 Å². The Morgan fingerprint density at radius 1 is 1.10 bits per heavy atom. The number of hydrazone groups is 1. The van der Waals surface area contributed by atoms with E-state index in [1.807, 2.05) is 54.6 Å². The smallest absolute Gasteiger partial charge is 0.342 e. The summed E-state index contributed by atoms with van der Waals surface area (Å²) in [7, 11) is 0. The van der Waals surface area contributed by atoms with E-state index in [1.54, 1.807) is 0 Å². The number of H-pyrrole nitrogens is 2. The minimum absolute atomic E-state index is 0.00176. The maximum absolute atomic E-state index is 11.9. The number of ether oxygens (including phenoxy) is 1. The van der Waals surface area contributed by atoms with Gasteiger partial charge in [-0.3, -0.25) is 14.6 Å². The maximum Gasteiger partial charge on any atom is 0.342 e. The molecule has 1 amide bonds. The number of nitrogens with one attached hydrogen (secondary N) is 3. The highest BCUT2D eigenvalue weighted by molar-refractivity contribution is 5.83. The Labute approximate surface area is 165 Å². The number of para-hydroxylation sites is 1. The quantitative estimate of drug-likeness (QED) is 0.390. The van der Waals surface area contributed by atoms with Crippen molar-refractivity contribution in [3.8, 4) is 5.75 Å². The molecule has 0 spiro atoms. The van der Waals surface area contributed by atoms with Crippen LogP contribution in [0.15, 0.2) is 69.3 Å². The molecule has 148 valence electrons. The predicted octanol–water partition coefficient (Wildman–Crippen LogP) is 1.12. The van der Waals surface area contributed by atoms with Crippen LogP contribution in [0.3, 0.4) is 0 Å². The summed E-state index contributed by atoms with van der Waals surface area (Å²) in [4.78, 5) is 36.4. The minimum Gasteiger partial charge on any atom is -0.489 e. The number of aryl methyl sites for hydroxylation is 1. The zero-order valence-electron chi connectivity index (χ0n) is 15.4. The third kappa shape index (κ3) is 5.99. The SMILES string of the molecule is O=C(CCc1n[nH]c(=O)[nH]c1=O)N/N=C/c1ccccc1COc1ccccc1. The predicted molar refractivity (Wildman–Crippen MR) is 107 cm³/mol. The molecule has 0 saturated carbocycles. The highest BCUT2D eigenvalue weighted by Gasteiger charge is 2.07. The summed E-state index contributed by atoms with van der Waals surface area (Å²) in [6.07, 6.45) is 1.61. The van der Waals surface area contributed by atoms with Gasteiger partial charge in [-0.2, -0.15) is 10.2 Å². The zero-order chi connectivity index (χ0) is 20.5. The summed E-state index contributed by atoms with van der Waals surface area (Å²) in [6, 6.07) is 17.0. The number of carbonyl (C=O) groups is 1. The van der Waals surface area contributed by atoms with Gasteiger partial charge in [0.2, 0.25) is 5.91 Å². The first-order chi connectivity index (χ1) is 14.1. The van der Waals surface area contributed by atoms with Crippen LogP contribution in [0.4, 0.5) is 0 Å². The molecular weight excluding hydrogens is 374 g/mol. The molecule has 0 aliphatic carbocycles. The lowest BCUT2D eigenvalue weighted by Crippen LogP contribution is -2.28. The van der Waals surface area contributed by atoms with Gasteiger partial charge >= 0.3 is 5.69 Å². The second kappa shape index (κ2) is 9.79. The first-order valence-corrected chi connectivity index (χ1v) is 8.87. The number of nitrogens with zero attached hydrogens (tertiary/aromatic N) is 2. The Morgan fingerprint density at radius 2 is 1.86 bits per heavy atom. The molecule has 2 aromatic carbocycles. The minimum atomic E-state index is -0.692. The van der Waals surface area contributed by atoms with Crippen molar-refractivity contribution in [1.29, 1.82) is 0 Å². The van der Waals surface area contributed by atoms with Crippen molar-refractivity contribution in [2.45, 2.75) is 19.4 Å². The summed E-state index contributed by atoms with van der Waals surface area (Å²) >= 11 is 0. The number of rotatable bonds is 8. The van der Waals surface area contributed by atoms with Crippen molar-refractivity contribution in [2.24, 2.45) is 5.10 Å². The lowest BCUT2D eigenvalue weighted by atomic mass is 10.1. The molecule has 1 heterocycles. The molecule has 0 aliphatic heterocycles. The van der Waals surface area contributed by atoms with Crippen LogP contribution in [0.2, 0.25) is 0 Å². The van der Waals surface area contributed by atoms with Gasteiger partial charge in [-0.1, -0.05) is 42.5 Å². The van der Waals surface area contributed by atoms with Crippen LogP contribution in [-0.4, -0.2) is 27.3 Å². The fourth-order valence-electron chi connectivity index (χ4n) is 2.47. The molecular formula is C20H19N5O4. The van der Waals surface area contributed by atoms with E-state index in [-0.39, 0.29) is 24.4 Å². The molecule has 29 heavy (non-hydrogen) atoms. The molecule has 0 saturated heterocycles. The van der Waals surface area contributed by atoms with E-state index in [9.17, 15) is 14.4 Å². The molecule has 0 radical (unpaired) electrons. The number of aromatic amines is 2. The molecule has 9 nitrogen and oxygen atoms in total. The van der Waals surface area contributed by atoms with Crippen LogP contribution in [0, 0.1) is 0 Å². The van der Waals surface area contributed by atoms with Crippen LogP contribution < -0.4 is 21.4 Å². The Kier molecular flexibility index (Phi) is 6.66. The molecule has 3 N–H and O–H groups in total. The third-order valence-electron chi connectivity index (χ3n) is 3.96. The van der Waals surface area contributed by atoms with Gasteiger partial charge in [0.15, 0.2) is 0 Å². The number of benzene rings is 2. The van der Waals surface area contributed by atoms with E-state index < -0.39 is 11.2 Å². The van der Waals surface area contributed by atoms with E-state index in [4.69, 9.17) is 4.74 Å². The van der Waals surface area contributed by atoms with Gasteiger partial charge in [-0.25, -0.2) is 15.3 Å². The van der Waals surface area contributed by atoms with E-state index in [0.29, 0.717) is 6.61 Å². The van der Waals surface area contributed by atoms with Gasteiger partial charge < -0.3 is 4.74 Å². The summed E-state index contributed by atoms with van der Waals surface area (Å²) in [5, 5.41) is 9.71. The third-order valence-corrected chi connectivity index (χ3v) is 3.96. The summed E-state index contributed by atoms with van der Waals surface area (Å²) in [5.41, 5.74) is 2.90. The largest absolute Gasteiger partial charge is 0.489 e. The average molecular weight is 393 g/mol. The lowest BCUT2D eigenvalue weighted by molar-refractivity contribution is -0.121. The number of carbonyl (C=O) groups excluding carboxylic acids is 1. The molecule has 9 heteroatoms. The fourth-order valence-corrected chi connectivity index (χ4v) is 2.47. The standard InChI is InChI=1S/C20H19N5O4/c26-18(11-10-17-19(27)22-20(28)25-23-17)24-21-12-14-6-4-5-7-15(14)13-29-16-8-2-1-3-9-16/h1-9,12H,10-11,13H2,(H,24,26)(H2,22,25,27,28)/b21-12+. The Balaban J connectivity index is 1.53. The average Bonchev–Trinajstić information content (AvgIpc) is 2.73. The van der Waals surface area contributed by atoms with Crippen molar-refractivity contribution in [2.75, 3.05) is 0 Å². The summed E-state index contributed by atoms with van der Waals surface area (Å²) in [6.45, 7) is 0.362. The molecule has 1 aromatic heterocycles. The Bertz CT molecular complexity index is 1110. The monoisotopic (exact) mass is 393 g/mol. The molecule has 0 fully saturated rings. The van der Waals surface area contributed by atoms with Crippen LogP contribution >= 0.6 is 0 Å².